The summed E-state index contributed by atoms with van der Waals surface area (Å²) in [4.78, 5) is 10.0. The summed E-state index contributed by atoms with van der Waals surface area (Å²) >= 11 is 5.21. The maximum atomic E-state index is 4.43. The van der Waals surface area contributed by atoms with Gasteiger partial charge in [0.25, 0.3) is 0 Å². The van der Waals surface area contributed by atoms with Crippen LogP contribution in [0.2, 0.25) is 0 Å². The van der Waals surface area contributed by atoms with Crippen LogP contribution in [0.3, 0.4) is 0 Å². The molecular formula is C12H12BrN3S. The minimum Gasteiger partial charge on any atom is -0.309 e. The molecule has 1 N–H and O–H groups in total. The van der Waals surface area contributed by atoms with Gasteiger partial charge in [-0.2, -0.15) is 0 Å². The highest BCUT2D eigenvalue weighted by Crippen LogP contribution is 2.29. The highest BCUT2D eigenvalue weighted by molar-refractivity contribution is 9.10. The molecule has 3 rings (SSSR count). The van der Waals surface area contributed by atoms with Crippen molar-refractivity contribution >= 4 is 27.3 Å². The van der Waals surface area contributed by atoms with E-state index in [1.165, 1.54) is 17.7 Å². The van der Waals surface area contributed by atoms with Gasteiger partial charge in [-0.05, 0) is 40.9 Å². The Kier molecular flexibility index (Phi) is 3.22. The fourth-order valence-electron chi connectivity index (χ4n) is 1.57. The lowest BCUT2D eigenvalue weighted by molar-refractivity contribution is 0.694. The molecule has 0 aromatic carbocycles. The van der Waals surface area contributed by atoms with Gasteiger partial charge in [-0.25, -0.2) is 4.98 Å². The van der Waals surface area contributed by atoms with E-state index >= 15 is 0 Å². The number of pyridine rings is 1. The second kappa shape index (κ2) is 4.84. The first-order chi connectivity index (χ1) is 8.33. The van der Waals surface area contributed by atoms with Gasteiger partial charge in [0.15, 0.2) is 0 Å². The van der Waals surface area contributed by atoms with E-state index in [-0.39, 0.29) is 0 Å². The van der Waals surface area contributed by atoms with Crippen LogP contribution in [0.25, 0.3) is 10.7 Å². The normalized spacial score (nSPS) is 15.1. The molecule has 5 heteroatoms. The van der Waals surface area contributed by atoms with E-state index in [0.717, 1.165) is 27.8 Å². The summed E-state index contributed by atoms with van der Waals surface area (Å²) in [6.45, 7) is 0.923. The minimum atomic E-state index is 0.738. The Balaban J connectivity index is 1.77. The zero-order valence-corrected chi connectivity index (χ0v) is 11.6. The quantitative estimate of drug-likeness (QED) is 0.942. The van der Waals surface area contributed by atoms with Crippen LogP contribution >= 0.6 is 27.3 Å². The van der Waals surface area contributed by atoms with E-state index in [0.29, 0.717) is 0 Å². The molecule has 2 aromatic rings. The van der Waals surface area contributed by atoms with E-state index < -0.39 is 0 Å². The van der Waals surface area contributed by atoms with Crippen LogP contribution < -0.4 is 5.32 Å². The molecule has 0 saturated heterocycles. The lowest BCUT2D eigenvalue weighted by atomic mass is 10.4. The van der Waals surface area contributed by atoms with Gasteiger partial charge in [0.05, 0.1) is 0 Å². The van der Waals surface area contributed by atoms with Gasteiger partial charge in [0.1, 0.15) is 10.7 Å². The van der Waals surface area contributed by atoms with E-state index in [1.807, 2.05) is 18.3 Å². The molecule has 1 aliphatic carbocycles. The Bertz CT molecular complexity index is 522. The standard InChI is InChI=1S/C12H12BrN3S/c13-10-2-1-5-14-11(10)12-16-7-9(17-12)6-15-8-3-4-8/h1-2,5,7-8,15H,3-4,6H2. The van der Waals surface area contributed by atoms with Crippen molar-refractivity contribution in [1.82, 2.24) is 15.3 Å². The zero-order chi connectivity index (χ0) is 11.7. The van der Waals surface area contributed by atoms with Crippen LogP contribution in [0.5, 0.6) is 0 Å². The van der Waals surface area contributed by atoms with Crippen LogP contribution in [-0.2, 0) is 6.54 Å². The molecule has 0 unspecified atom stereocenters. The van der Waals surface area contributed by atoms with Crippen molar-refractivity contribution in [2.24, 2.45) is 0 Å². The Hall–Kier alpha value is -0.780. The summed E-state index contributed by atoms with van der Waals surface area (Å²) in [5.41, 5.74) is 0.926. The third kappa shape index (κ3) is 2.73. The third-order valence-corrected chi connectivity index (χ3v) is 4.30. The minimum absolute atomic E-state index is 0.738. The number of nitrogens with zero attached hydrogens (tertiary/aromatic N) is 2. The van der Waals surface area contributed by atoms with Gasteiger partial charge in [0.2, 0.25) is 0 Å². The Morgan fingerprint density at radius 3 is 3.06 bits per heavy atom. The number of rotatable bonds is 4. The van der Waals surface area contributed by atoms with E-state index in [1.54, 1.807) is 17.5 Å². The molecule has 1 saturated carbocycles. The molecule has 0 aliphatic heterocycles. The van der Waals surface area contributed by atoms with Gasteiger partial charge in [0, 0.05) is 34.3 Å². The first-order valence-corrected chi connectivity index (χ1v) is 7.23. The van der Waals surface area contributed by atoms with Crippen LogP contribution in [0, 0.1) is 0 Å². The van der Waals surface area contributed by atoms with Crippen LogP contribution in [0.1, 0.15) is 17.7 Å². The van der Waals surface area contributed by atoms with Gasteiger partial charge < -0.3 is 5.32 Å². The summed E-state index contributed by atoms with van der Waals surface area (Å²) in [7, 11) is 0. The number of halogens is 1. The fraction of sp³-hybridized carbons (Fsp3) is 0.333. The maximum absolute atomic E-state index is 4.43. The van der Waals surface area contributed by atoms with Crippen LogP contribution in [-0.4, -0.2) is 16.0 Å². The highest BCUT2D eigenvalue weighted by Gasteiger charge is 2.20. The molecule has 1 aliphatic rings. The first kappa shape index (κ1) is 11.3. The topological polar surface area (TPSA) is 37.8 Å². The van der Waals surface area contributed by atoms with Crippen molar-refractivity contribution < 1.29 is 0 Å². The molecule has 0 atom stereocenters. The molecule has 1 fully saturated rings. The van der Waals surface area contributed by atoms with E-state index in [9.17, 15) is 0 Å². The highest BCUT2D eigenvalue weighted by atomic mass is 79.9. The predicted molar refractivity (Wildman–Crippen MR) is 72.9 cm³/mol. The van der Waals surface area contributed by atoms with Gasteiger partial charge >= 0.3 is 0 Å². The lowest BCUT2D eigenvalue weighted by Gasteiger charge is -1.98. The van der Waals surface area contributed by atoms with E-state index in [2.05, 4.69) is 31.2 Å². The Labute approximate surface area is 112 Å². The second-order valence-electron chi connectivity index (χ2n) is 4.12. The molecule has 0 radical (unpaired) electrons. The Morgan fingerprint density at radius 1 is 1.41 bits per heavy atom. The summed E-state index contributed by atoms with van der Waals surface area (Å²) in [5, 5.41) is 4.47. The number of aromatic nitrogens is 2. The smallest absolute Gasteiger partial charge is 0.143 e. The van der Waals surface area contributed by atoms with Crippen molar-refractivity contribution in [3.8, 4) is 10.7 Å². The SMILES string of the molecule is Brc1cccnc1-c1ncc(CNC2CC2)s1. The molecule has 2 heterocycles. The average Bonchev–Trinajstić information content (AvgIpc) is 3.06. The average molecular weight is 310 g/mol. The first-order valence-electron chi connectivity index (χ1n) is 5.62. The van der Waals surface area contributed by atoms with Crippen LogP contribution in [0.4, 0.5) is 0 Å². The van der Waals surface area contributed by atoms with Gasteiger partial charge in [-0.1, -0.05) is 0 Å². The fourth-order valence-corrected chi connectivity index (χ4v) is 3.02. The zero-order valence-electron chi connectivity index (χ0n) is 9.19. The molecule has 0 spiro atoms. The summed E-state index contributed by atoms with van der Waals surface area (Å²) < 4.78 is 0.996. The van der Waals surface area contributed by atoms with Crippen LogP contribution in [0.15, 0.2) is 29.0 Å². The number of hydrogen-bond acceptors (Lipinski definition) is 4. The van der Waals surface area contributed by atoms with Crippen molar-refractivity contribution in [3.05, 3.63) is 33.9 Å². The number of thiazole rings is 1. The maximum Gasteiger partial charge on any atom is 0.143 e. The largest absolute Gasteiger partial charge is 0.309 e. The molecule has 17 heavy (non-hydrogen) atoms. The Morgan fingerprint density at radius 2 is 2.29 bits per heavy atom. The molecule has 88 valence electrons. The predicted octanol–water partition coefficient (Wildman–Crippen LogP) is 3.22. The molecular weight excluding hydrogens is 298 g/mol. The second-order valence-corrected chi connectivity index (χ2v) is 6.09. The number of nitrogens with one attached hydrogen (secondary N) is 1. The molecule has 2 aromatic heterocycles. The monoisotopic (exact) mass is 309 g/mol. The molecule has 0 bridgehead atoms. The number of hydrogen-bond donors (Lipinski definition) is 1. The van der Waals surface area contributed by atoms with Crippen molar-refractivity contribution in [2.75, 3.05) is 0 Å². The summed E-state index contributed by atoms with van der Waals surface area (Å²) in [6, 6.07) is 4.64. The lowest BCUT2D eigenvalue weighted by Crippen LogP contribution is -2.14. The summed E-state index contributed by atoms with van der Waals surface area (Å²) in [6.07, 6.45) is 6.37. The van der Waals surface area contributed by atoms with Crippen molar-refractivity contribution in [3.63, 3.8) is 0 Å². The third-order valence-electron chi connectivity index (χ3n) is 2.66. The van der Waals surface area contributed by atoms with Crippen molar-refractivity contribution in [2.45, 2.75) is 25.4 Å². The summed E-state index contributed by atoms with van der Waals surface area (Å²) in [5.74, 6) is 0. The van der Waals surface area contributed by atoms with Crippen molar-refractivity contribution in [1.29, 1.82) is 0 Å². The van der Waals surface area contributed by atoms with Gasteiger partial charge in [-0.15, -0.1) is 11.3 Å². The van der Waals surface area contributed by atoms with Gasteiger partial charge in [-0.3, -0.25) is 4.98 Å². The molecule has 0 amide bonds. The molecule has 3 nitrogen and oxygen atoms in total. The van der Waals surface area contributed by atoms with E-state index in [4.69, 9.17) is 0 Å².